The summed E-state index contributed by atoms with van der Waals surface area (Å²) in [6.45, 7) is 4.85. The molecular formula is C19H28N2O2. The lowest BCUT2D eigenvalue weighted by atomic mass is 10.1. The van der Waals surface area contributed by atoms with Crippen LogP contribution in [-0.2, 0) is 11.2 Å². The molecule has 1 saturated heterocycles. The first kappa shape index (κ1) is 16.3. The van der Waals surface area contributed by atoms with Crippen LogP contribution in [0.3, 0.4) is 0 Å². The van der Waals surface area contributed by atoms with Crippen LogP contribution in [0.15, 0.2) is 24.3 Å². The SMILES string of the molecule is COc1cccc(CCN2CCN(C(=O)C3CCCC3)CC2)c1. The maximum atomic E-state index is 12.5. The minimum absolute atomic E-state index is 0.318. The van der Waals surface area contributed by atoms with E-state index >= 15 is 0 Å². The van der Waals surface area contributed by atoms with E-state index in [1.165, 1.54) is 18.4 Å². The number of rotatable bonds is 5. The van der Waals surface area contributed by atoms with Gasteiger partial charge in [-0.15, -0.1) is 0 Å². The minimum Gasteiger partial charge on any atom is -0.497 e. The summed E-state index contributed by atoms with van der Waals surface area (Å²) < 4.78 is 5.28. The summed E-state index contributed by atoms with van der Waals surface area (Å²) >= 11 is 0. The van der Waals surface area contributed by atoms with E-state index < -0.39 is 0 Å². The van der Waals surface area contributed by atoms with E-state index in [9.17, 15) is 4.79 Å². The molecule has 1 saturated carbocycles. The second-order valence-electron chi connectivity index (χ2n) is 6.75. The number of methoxy groups -OCH3 is 1. The van der Waals surface area contributed by atoms with E-state index in [1.54, 1.807) is 7.11 Å². The number of nitrogens with zero attached hydrogens (tertiary/aromatic N) is 2. The molecule has 23 heavy (non-hydrogen) atoms. The van der Waals surface area contributed by atoms with Gasteiger partial charge < -0.3 is 9.64 Å². The van der Waals surface area contributed by atoms with Crippen molar-refractivity contribution in [1.82, 2.24) is 9.80 Å². The highest BCUT2D eigenvalue weighted by atomic mass is 16.5. The monoisotopic (exact) mass is 316 g/mol. The third-order valence-corrected chi connectivity index (χ3v) is 5.24. The molecule has 1 aromatic rings. The molecule has 0 N–H and O–H groups in total. The first-order valence-corrected chi connectivity index (χ1v) is 8.90. The van der Waals surface area contributed by atoms with Crippen molar-refractivity contribution in [2.75, 3.05) is 39.8 Å². The van der Waals surface area contributed by atoms with Crippen molar-refractivity contribution < 1.29 is 9.53 Å². The van der Waals surface area contributed by atoms with Gasteiger partial charge in [-0.05, 0) is 37.0 Å². The molecule has 126 valence electrons. The van der Waals surface area contributed by atoms with Gasteiger partial charge >= 0.3 is 0 Å². The van der Waals surface area contributed by atoms with Crippen LogP contribution >= 0.6 is 0 Å². The maximum absolute atomic E-state index is 12.5. The topological polar surface area (TPSA) is 32.8 Å². The predicted octanol–water partition coefficient (Wildman–Crippen LogP) is 2.57. The largest absolute Gasteiger partial charge is 0.497 e. The van der Waals surface area contributed by atoms with Crippen molar-refractivity contribution in [2.24, 2.45) is 5.92 Å². The van der Waals surface area contributed by atoms with Gasteiger partial charge in [0.25, 0.3) is 0 Å². The summed E-state index contributed by atoms with van der Waals surface area (Å²) in [5.74, 6) is 1.66. The van der Waals surface area contributed by atoms with Gasteiger partial charge in [0.1, 0.15) is 5.75 Å². The van der Waals surface area contributed by atoms with Crippen LogP contribution in [0.25, 0.3) is 0 Å². The Bertz CT molecular complexity index is 518. The molecule has 0 radical (unpaired) electrons. The zero-order chi connectivity index (χ0) is 16.1. The smallest absolute Gasteiger partial charge is 0.225 e. The molecule has 2 aliphatic rings. The third kappa shape index (κ3) is 4.25. The Morgan fingerprint density at radius 3 is 2.61 bits per heavy atom. The average Bonchev–Trinajstić information content (AvgIpc) is 3.14. The molecule has 4 nitrogen and oxygen atoms in total. The number of ether oxygens (including phenoxy) is 1. The average molecular weight is 316 g/mol. The maximum Gasteiger partial charge on any atom is 0.225 e. The molecule has 1 aliphatic carbocycles. The molecule has 0 unspecified atom stereocenters. The number of benzene rings is 1. The highest BCUT2D eigenvalue weighted by Crippen LogP contribution is 2.27. The second kappa shape index (κ2) is 7.82. The molecule has 2 fully saturated rings. The van der Waals surface area contributed by atoms with Crippen molar-refractivity contribution in [3.8, 4) is 5.75 Å². The van der Waals surface area contributed by atoms with Gasteiger partial charge in [-0.25, -0.2) is 0 Å². The molecule has 0 atom stereocenters. The Morgan fingerprint density at radius 1 is 1.17 bits per heavy atom. The Labute approximate surface area is 139 Å². The van der Waals surface area contributed by atoms with Crippen molar-refractivity contribution in [1.29, 1.82) is 0 Å². The molecule has 1 heterocycles. The highest BCUT2D eigenvalue weighted by Gasteiger charge is 2.29. The van der Waals surface area contributed by atoms with Gasteiger partial charge in [0, 0.05) is 38.6 Å². The van der Waals surface area contributed by atoms with Crippen LogP contribution in [0.2, 0.25) is 0 Å². The molecule has 1 amide bonds. The van der Waals surface area contributed by atoms with Crippen LogP contribution in [0.1, 0.15) is 31.2 Å². The fourth-order valence-electron chi connectivity index (χ4n) is 3.74. The molecule has 0 spiro atoms. The lowest BCUT2D eigenvalue weighted by Crippen LogP contribution is -2.50. The molecule has 4 heteroatoms. The van der Waals surface area contributed by atoms with E-state index in [0.717, 1.165) is 57.7 Å². The molecule has 0 bridgehead atoms. The van der Waals surface area contributed by atoms with E-state index in [2.05, 4.69) is 21.9 Å². The van der Waals surface area contributed by atoms with Crippen molar-refractivity contribution >= 4 is 5.91 Å². The van der Waals surface area contributed by atoms with E-state index in [1.807, 2.05) is 12.1 Å². The van der Waals surface area contributed by atoms with E-state index in [4.69, 9.17) is 4.74 Å². The van der Waals surface area contributed by atoms with Crippen LogP contribution in [0.4, 0.5) is 0 Å². The summed E-state index contributed by atoms with van der Waals surface area (Å²) in [5, 5.41) is 0. The zero-order valence-electron chi connectivity index (χ0n) is 14.2. The lowest BCUT2D eigenvalue weighted by molar-refractivity contribution is -0.137. The number of hydrogen-bond donors (Lipinski definition) is 0. The Hall–Kier alpha value is -1.55. The first-order valence-electron chi connectivity index (χ1n) is 8.90. The van der Waals surface area contributed by atoms with Gasteiger partial charge in [-0.3, -0.25) is 9.69 Å². The molecule has 3 rings (SSSR count). The van der Waals surface area contributed by atoms with Gasteiger partial charge in [0.15, 0.2) is 0 Å². The fourth-order valence-corrected chi connectivity index (χ4v) is 3.74. The molecule has 1 aliphatic heterocycles. The van der Waals surface area contributed by atoms with Crippen LogP contribution in [0, 0.1) is 5.92 Å². The summed E-state index contributed by atoms with van der Waals surface area (Å²) in [5.41, 5.74) is 1.31. The highest BCUT2D eigenvalue weighted by molar-refractivity contribution is 5.79. The van der Waals surface area contributed by atoms with Crippen molar-refractivity contribution in [3.63, 3.8) is 0 Å². The number of piperazine rings is 1. The quantitative estimate of drug-likeness (QED) is 0.837. The normalized spacial score (nSPS) is 20.0. The van der Waals surface area contributed by atoms with Crippen molar-refractivity contribution in [2.45, 2.75) is 32.1 Å². The number of hydrogen-bond acceptors (Lipinski definition) is 3. The summed E-state index contributed by atoms with van der Waals surface area (Å²) in [7, 11) is 1.71. The van der Waals surface area contributed by atoms with Gasteiger partial charge in [-0.2, -0.15) is 0 Å². The summed E-state index contributed by atoms with van der Waals surface area (Å²) in [6, 6.07) is 8.30. The van der Waals surface area contributed by atoms with Gasteiger partial charge in [-0.1, -0.05) is 25.0 Å². The number of carbonyl (C=O) groups is 1. The third-order valence-electron chi connectivity index (χ3n) is 5.24. The predicted molar refractivity (Wildman–Crippen MR) is 91.7 cm³/mol. The number of amides is 1. The van der Waals surface area contributed by atoms with Crippen LogP contribution < -0.4 is 4.74 Å². The van der Waals surface area contributed by atoms with Gasteiger partial charge in [0.05, 0.1) is 7.11 Å². The summed E-state index contributed by atoms with van der Waals surface area (Å²) in [4.78, 5) is 17.0. The minimum atomic E-state index is 0.318. The van der Waals surface area contributed by atoms with E-state index in [0.29, 0.717) is 11.8 Å². The Balaban J connectivity index is 1.43. The first-order chi connectivity index (χ1) is 11.3. The van der Waals surface area contributed by atoms with Gasteiger partial charge in [0.2, 0.25) is 5.91 Å². The standard InChI is InChI=1S/C19H28N2O2/c1-23-18-8-4-5-16(15-18)9-10-20-11-13-21(14-12-20)19(22)17-6-2-3-7-17/h4-5,8,15,17H,2-3,6-7,9-14H2,1H3. The fraction of sp³-hybridized carbons (Fsp3) is 0.632. The molecule has 0 aromatic heterocycles. The van der Waals surface area contributed by atoms with Crippen LogP contribution in [0.5, 0.6) is 5.75 Å². The zero-order valence-corrected chi connectivity index (χ0v) is 14.2. The molecular weight excluding hydrogens is 288 g/mol. The Kier molecular flexibility index (Phi) is 5.55. The van der Waals surface area contributed by atoms with Crippen LogP contribution in [-0.4, -0.2) is 55.5 Å². The summed E-state index contributed by atoms with van der Waals surface area (Å²) in [6.07, 6.45) is 5.71. The van der Waals surface area contributed by atoms with E-state index in [-0.39, 0.29) is 0 Å². The Morgan fingerprint density at radius 2 is 1.91 bits per heavy atom. The molecule has 1 aromatic carbocycles. The number of carbonyl (C=O) groups excluding carboxylic acids is 1. The second-order valence-corrected chi connectivity index (χ2v) is 6.75. The van der Waals surface area contributed by atoms with Crippen molar-refractivity contribution in [3.05, 3.63) is 29.8 Å². The lowest BCUT2D eigenvalue weighted by Gasteiger charge is -2.36.